The Kier molecular flexibility index (Phi) is 7.99. The Balaban J connectivity index is 0.000000338. The molecule has 1 radical (unpaired) electrons. The molecule has 2 aromatic heterocycles. The van der Waals surface area contributed by atoms with E-state index >= 15 is 0 Å². The van der Waals surface area contributed by atoms with Gasteiger partial charge in [0.05, 0.1) is 5.76 Å². The van der Waals surface area contributed by atoms with Crippen molar-refractivity contribution in [3.05, 3.63) is 89.6 Å². The number of allylic oxidation sites excluding steroid dienone is 2. The van der Waals surface area contributed by atoms with Crippen LogP contribution in [-0.4, -0.2) is 15.9 Å². The predicted molar refractivity (Wildman–Crippen MR) is 143 cm³/mol. The molecule has 1 aliphatic rings. The number of carbonyl (C=O) groups is 1. The van der Waals surface area contributed by atoms with Gasteiger partial charge in [0.2, 0.25) is 0 Å². The number of hydrogen-bond acceptors (Lipinski definition) is 4. The molecule has 0 saturated heterocycles. The zero-order valence-electron chi connectivity index (χ0n) is 20.0. The van der Waals surface area contributed by atoms with E-state index in [1.807, 2.05) is 17.5 Å². The Morgan fingerprint density at radius 3 is 2.33 bits per heavy atom. The minimum Gasteiger partial charge on any atom is -0.512 e. The Morgan fingerprint density at radius 1 is 1.00 bits per heavy atom. The molecule has 2 heterocycles. The SMILES string of the molecule is CC(=O)/C=C(/C)O.Fc1c[c-]c(-c2nccc3cc4sc5cc6c(cc5c4cc23)CCCC6)cc1.[Ir]. The van der Waals surface area contributed by atoms with Crippen LogP contribution in [0.5, 0.6) is 0 Å². The summed E-state index contributed by atoms with van der Waals surface area (Å²) >= 11 is 1.88. The molecule has 5 aromatic rings. The van der Waals surface area contributed by atoms with E-state index < -0.39 is 0 Å². The van der Waals surface area contributed by atoms with Crippen LogP contribution in [-0.2, 0) is 37.7 Å². The molecule has 0 bridgehead atoms. The van der Waals surface area contributed by atoms with Gasteiger partial charge in [0.1, 0.15) is 0 Å². The summed E-state index contributed by atoms with van der Waals surface area (Å²) in [5, 5.41) is 13.3. The number of benzene rings is 3. The summed E-state index contributed by atoms with van der Waals surface area (Å²) in [6.07, 6.45) is 7.98. The van der Waals surface area contributed by atoms with Crippen LogP contribution in [0.2, 0.25) is 0 Å². The fraction of sp³-hybridized carbons (Fsp3) is 0.200. The fourth-order valence-corrected chi connectivity index (χ4v) is 5.92. The monoisotopic (exact) mass is 675 g/mol. The number of fused-ring (bicyclic) bond motifs is 5. The van der Waals surface area contributed by atoms with Crippen LogP contribution in [0.1, 0.15) is 37.8 Å². The summed E-state index contributed by atoms with van der Waals surface area (Å²) in [5.74, 6) is -0.340. The van der Waals surface area contributed by atoms with Gasteiger partial charge in [-0.05, 0) is 91.4 Å². The second kappa shape index (κ2) is 11.0. The number of ketones is 1. The van der Waals surface area contributed by atoms with Crippen LogP contribution in [0.15, 0.2) is 66.6 Å². The van der Waals surface area contributed by atoms with Gasteiger partial charge in [-0.15, -0.1) is 41.2 Å². The summed E-state index contributed by atoms with van der Waals surface area (Å²) in [5.41, 5.74) is 4.72. The molecule has 6 rings (SSSR count). The van der Waals surface area contributed by atoms with Gasteiger partial charge in [-0.3, -0.25) is 9.18 Å². The number of hydrogen-bond donors (Lipinski definition) is 1. The number of thiophene rings is 1. The van der Waals surface area contributed by atoms with Crippen LogP contribution >= 0.6 is 11.3 Å². The summed E-state index contributed by atoms with van der Waals surface area (Å²) in [7, 11) is 0. The minimum atomic E-state index is -0.278. The summed E-state index contributed by atoms with van der Waals surface area (Å²) in [4.78, 5) is 14.6. The molecule has 6 heteroatoms. The molecule has 0 spiro atoms. The quantitative estimate of drug-likeness (QED) is 0.117. The smallest absolute Gasteiger partial charge is 0.155 e. The van der Waals surface area contributed by atoms with Crippen LogP contribution in [0, 0.1) is 11.9 Å². The number of carbonyl (C=O) groups excluding carboxylic acids is 1. The van der Waals surface area contributed by atoms with Crippen molar-refractivity contribution in [3.63, 3.8) is 0 Å². The van der Waals surface area contributed by atoms with Gasteiger partial charge >= 0.3 is 0 Å². The zero-order chi connectivity index (χ0) is 24.5. The van der Waals surface area contributed by atoms with Crippen molar-refractivity contribution in [2.75, 3.05) is 0 Å². The van der Waals surface area contributed by atoms with Crippen LogP contribution in [0.25, 0.3) is 42.2 Å². The van der Waals surface area contributed by atoms with Crippen LogP contribution < -0.4 is 0 Å². The zero-order valence-corrected chi connectivity index (χ0v) is 23.2. The second-order valence-electron chi connectivity index (χ2n) is 8.97. The van der Waals surface area contributed by atoms with Gasteiger partial charge < -0.3 is 10.1 Å². The molecule has 185 valence electrons. The molecule has 1 N–H and O–H groups in total. The molecular weight excluding hydrogens is 650 g/mol. The number of pyridine rings is 1. The number of halogens is 1. The van der Waals surface area contributed by atoms with E-state index in [4.69, 9.17) is 5.11 Å². The van der Waals surface area contributed by atoms with Crippen molar-refractivity contribution in [1.29, 1.82) is 0 Å². The molecular formula is C30H25FIrNO2S-. The van der Waals surface area contributed by atoms with E-state index in [1.54, 1.807) is 6.07 Å². The third-order valence-electron chi connectivity index (χ3n) is 6.26. The minimum absolute atomic E-state index is 0. The van der Waals surface area contributed by atoms with Gasteiger partial charge in [-0.2, -0.15) is 0 Å². The van der Waals surface area contributed by atoms with Crippen LogP contribution in [0.4, 0.5) is 4.39 Å². The normalized spacial score (nSPS) is 13.1. The molecule has 36 heavy (non-hydrogen) atoms. The average molecular weight is 675 g/mol. The second-order valence-corrected chi connectivity index (χ2v) is 10.1. The number of aryl methyl sites for hydroxylation is 2. The molecule has 3 nitrogen and oxygen atoms in total. The summed E-state index contributed by atoms with van der Waals surface area (Å²) < 4.78 is 16.0. The van der Waals surface area contributed by atoms with Crippen molar-refractivity contribution in [1.82, 2.24) is 4.98 Å². The van der Waals surface area contributed by atoms with E-state index in [-0.39, 0.29) is 37.5 Å². The molecule has 1 aliphatic carbocycles. The Bertz CT molecular complexity index is 1600. The first-order chi connectivity index (χ1) is 16.9. The summed E-state index contributed by atoms with van der Waals surface area (Å²) in [6, 6.07) is 19.0. The average Bonchev–Trinajstić information content (AvgIpc) is 3.17. The van der Waals surface area contributed by atoms with Crippen molar-refractivity contribution >= 4 is 48.1 Å². The topological polar surface area (TPSA) is 50.2 Å². The standard InChI is InChI=1S/C25H17FNS.C5H8O2.Ir/c26-19-7-5-15(6-8-19)25-20-14-22-21-11-16-3-1-2-4-17(16)12-23(21)28-24(22)13-18(20)9-10-27-25;1-4(6)3-5(2)7;/h5,7-14H,1-4H2;3,6H,1-2H3;/q-1;;/b;4-3-;. The third-order valence-corrected chi connectivity index (χ3v) is 7.38. The first-order valence-corrected chi connectivity index (χ1v) is 12.5. The predicted octanol–water partition coefficient (Wildman–Crippen LogP) is 8.12. The van der Waals surface area contributed by atoms with E-state index in [9.17, 15) is 9.18 Å². The Morgan fingerprint density at radius 2 is 1.69 bits per heavy atom. The summed E-state index contributed by atoms with van der Waals surface area (Å²) in [6.45, 7) is 2.85. The van der Waals surface area contributed by atoms with E-state index in [2.05, 4.69) is 41.4 Å². The van der Waals surface area contributed by atoms with Gasteiger partial charge in [0, 0.05) is 58.4 Å². The van der Waals surface area contributed by atoms with Gasteiger partial charge in [-0.25, -0.2) is 0 Å². The van der Waals surface area contributed by atoms with Crippen LogP contribution in [0.3, 0.4) is 0 Å². The molecule has 0 fully saturated rings. The largest absolute Gasteiger partial charge is 0.512 e. The first-order valence-electron chi connectivity index (χ1n) is 11.7. The molecule has 3 aromatic carbocycles. The number of rotatable bonds is 2. The number of aliphatic hydroxyl groups excluding tert-OH is 1. The fourth-order valence-electron chi connectivity index (χ4n) is 4.73. The number of aliphatic hydroxyl groups is 1. The molecule has 0 unspecified atom stereocenters. The Labute approximate surface area is 227 Å². The van der Waals surface area contributed by atoms with Gasteiger partial charge in [-0.1, -0.05) is 6.07 Å². The molecule has 0 aliphatic heterocycles. The van der Waals surface area contributed by atoms with Crippen molar-refractivity contribution in [3.8, 4) is 11.3 Å². The van der Waals surface area contributed by atoms with Gasteiger partial charge in [0.15, 0.2) is 5.78 Å². The van der Waals surface area contributed by atoms with E-state index in [1.165, 1.54) is 89.0 Å². The maximum absolute atomic E-state index is 13.3. The molecule has 0 amide bonds. The number of aromatic nitrogens is 1. The maximum atomic E-state index is 13.3. The maximum Gasteiger partial charge on any atom is 0.155 e. The third kappa shape index (κ3) is 5.41. The van der Waals surface area contributed by atoms with Crippen molar-refractivity contribution < 1.29 is 34.4 Å². The Hall–Kier alpha value is -2.92. The van der Waals surface area contributed by atoms with Crippen molar-refractivity contribution in [2.24, 2.45) is 0 Å². The van der Waals surface area contributed by atoms with Crippen molar-refractivity contribution in [2.45, 2.75) is 39.5 Å². The molecule has 0 atom stereocenters. The van der Waals surface area contributed by atoms with E-state index in [0.29, 0.717) is 0 Å². The molecule has 0 saturated carbocycles. The number of nitrogens with zero attached hydrogens (tertiary/aromatic N) is 1. The van der Waals surface area contributed by atoms with Gasteiger partial charge in [0.25, 0.3) is 0 Å². The first kappa shape index (κ1) is 26.2. The van der Waals surface area contributed by atoms with E-state index in [0.717, 1.165) is 22.0 Å².